The van der Waals surface area contributed by atoms with E-state index in [0.29, 0.717) is 6.04 Å². The maximum atomic E-state index is 6.00. The van der Waals surface area contributed by atoms with Gasteiger partial charge < -0.3 is 15.0 Å². The Morgan fingerprint density at radius 1 is 1.25 bits per heavy atom. The maximum absolute atomic E-state index is 6.00. The van der Waals surface area contributed by atoms with Gasteiger partial charge in [0.15, 0.2) is 0 Å². The molecule has 0 spiro atoms. The number of nitrogens with one attached hydrogen (secondary N) is 1. The monoisotopic (exact) mass is 318 g/mol. The van der Waals surface area contributed by atoms with Gasteiger partial charge in [-0.15, -0.1) is 24.8 Å². The highest BCUT2D eigenvalue weighted by molar-refractivity contribution is 5.85. The summed E-state index contributed by atoms with van der Waals surface area (Å²) >= 11 is 0. The minimum atomic E-state index is 0. The number of halogens is 2. The molecular formula is C15H24Cl2N2O. The van der Waals surface area contributed by atoms with Gasteiger partial charge in [-0.25, -0.2) is 0 Å². The summed E-state index contributed by atoms with van der Waals surface area (Å²) in [6.07, 6.45) is 2.68. The Kier molecular flexibility index (Phi) is 6.93. The molecule has 1 N–H and O–H groups in total. The Balaban J connectivity index is 0.000001000. The number of hydrogen-bond donors (Lipinski definition) is 1. The zero-order valence-electron chi connectivity index (χ0n) is 11.9. The van der Waals surface area contributed by atoms with E-state index in [9.17, 15) is 0 Å². The van der Waals surface area contributed by atoms with E-state index in [1.807, 2.05) is 0 Å². The fourth-order valence-electron chi connectivity index (χ4n) is 2.51. The van der Waals surface area contributed by atoms with E-state index in [0.717, 1.165) is 37.9 Å². The summed E-state index contributed by atoms with van der Waals surface area (Å²) < 4.78 is 6.00. The zero-order chi connectivity index (χ0) is 12.4. The van der Waals surface area contributed by atoms with E-state index in [1.165, 1.54) is 18.5 Å². The van der Waals surface area contributed by atoms with Gasteiger partial charge in [0.25, 0.3) is 0 Å². The number of anilines is 1. The van der Waals surface area contributed by atoms with Crippen molar-refractivity contribution in [2.75, 3.05) is 31.1 Å². The third-order valence-electron chi connectivity index (χ3n) is 3.85. The van der Waals surface area contributed by atoms with Crippen LogP contribution in [0.4, 0.5) is 5.69 Å². The molecule has 114 valence electrons. The number of piperazine rings is 1. The molecule has 1 unspecified atom stereocenters. The fraction of sp³-hybridized carbons (Fsp3) is 0.600. The second-order valence-electron chi connectivity index (χ2n) is 5.47. The average molecular weight is 319 g/mol. The van der Waals surface area contributed by atoms with Gasteiger partial charge >= 0.3 is 0 Å². The molecule has 2 aliphatic rings. The molecule has 1 aliphatic carbocycles. The first kappa shape index (κ1) is 17.4. The summed E-state index contributed by atoms with van der Waals surface area (Å²) in [5.41, 5.74) is 1.26. The van der Waals surface area contributed by atoms with Gasteiger partial charge in [0.1, 0.15) is 5.75 Å². The lowest BCUT2D eigenvalue weighted by Gasteiger charge is -2.36. The van der Waals surface area contributed by atoms with E-state index < -0.39 is 0 Å². The van der Waals surface area contributed by atoms with Crippen molar-refractivity contribution in [3.05, 3.63) is 24.3 Å². The van der Waals surface area contributed by atoms with Crippen LogP contribution < -0.4 is 15.0 Å². The number of ether oxygens (including phenoxy) is 1. The Bertz CT molecular complexity index is 413. The molecule has 1 aliphatic heterocycles. The van der Waals surface area contributed by atoms with Crippen molar-refractivity contribution >= 4 is 30.5 Å². The van der Waals surface area contributed by atoms with Crippen molar-refractivity contribution in [2.45, 2.75) is 25.8 Å². The lowest BCUT2D eigenvalue weighted by Crippen LogP contribution is -2.50. The molecule has 1 saturated carbocycles. The normalized spacial score (nSPS) is 21.6. The smallest absolute Gasteiger partial charge is 0.142 e. The molecule has 1 aromatic carbocycles. The number of rotatable bonds is 4. The van der Waals surface area contributed by atoms with Crippen LogP contribution in [0.5, 0.6) is 5.75 Å². The molecule has 1 heterocycles. The van der Waals surface area contributed by atoms with E-state index in [2.05, 4.69) is 41.4 Å². The predicted molar refractivity (Wildman–Crippen MR) is 88.8 cm³/mol. The van der Waals surface area contributed by atoms with Gasteiger partial charge in [0.2, 0.25) is 0 Å². The summed E-state index contributed by atoms with van der Waals surface area (Å²) in [6.45, 7) is 6.32. The summed E-state index contributed by atoms with van der Waals surface area (Å²) in [6, 6.07) is 8.99. The number of hydrogen-bond acceptors (Lipinski definition) is 3. The van der Waals surface area contributed by atoms with Crippen LogP contribution in [-0.4, -0.2) is 32.3 Å². The molecule has 0 amide bonds. The molecule has 20 heavy (non-hydrogen) atoms. The molecule has 2 fully saturated rings. The van der Waals surface area contributed by atoms with Crippen LogP contribution in [-0.2, 0) is 0 Å². The molecule has 3 rings (SSSR count). The highest BCUT2D eigenvalue weighted by Crippen LogP contribution is 2.33. The minimum absolute atomic E-state index is 0. The molecule has 5 heteroatoms. The van der Waals surface area contributed by atoms with Crippen molar-refractivity contribution in [1.82, 2.24) is 5.32 Å². The highest BCUT2D eigenvalue weighted by atomic mass is 35.5. The molecule has 1 atom stereocenters. The largest absolute Gasteiger partial charge is 0.491 e. The van der Waals surface area contributed by atoms with Crippen molar-refractivity contribution in [3.8, 4) is 5.75 Å². The third-order valence-corrected chi connectivity index (χ3v) is 3.85. The molecule has 0 bridgehead atoms. The van der Waals surface area contributed by atoms with E-state index >= 15 is 0 Å². The van der Waals surface area contributed by atoms with Gasteiger partial charge in [-0.3, -0.25) is 0 Å². The van der Waals surface area contributed by atoms with Crippen molar-refractivity contribution in [3.63, 3.8) is 0 Å². The Labute approximate surface area is 133 Å². The fourth-order valence-corrected chi connectivity index (χ4v) is 2.51. The lowest BCUT2D eigenvalue weighted by molar-refractivity contribution is 0.299. The van der Waals surface area contributed by atoms with E-state index in [1.54, 1.807) is 0 Å². The van der Waals surface area contributed by atoms with Crippen LogP contribution in [0.2, 0.25) is 0 Å². The van der Waals surface area contributed by atoms with Gasteiger partial charge in [0, 0.05) is 25.7 Å². The number of benzene rings is 1. The minimum Gasteiger partial charge on any atom is -0.491 e. The SMILES string of the molecule is CC1CNCCN1c1ccccc1OCC1CC1.Cl.Cl. The van der Waals surface area contributed by atoms with Crippen LogP contribution in [0, 0.1) is 5.92 Å². The highest BCUT2D eigenvalue weighted by Gasteiger charge is 2.24. The molecule has 0 radical (unpaired) electrons. The first-order valence-electron chi connectivity index (χ1n) is 7.04. The molecule has 1 saturated heterocycles. The topological polar surface area (TPSA) is 24.5 Å². The van der Waals surface area contributed by atoms with Crippen molar-refractivity contribution in [1.29, 1.82) is 0 Å². The van der Waals surface area contributed by atoms with Crippen molar-refractivity contribution < 1.29 is 4.74 Å². The van der Waals surface area contributed by atoms with Crippen LogP contribution >= 0.6 is 24.8 Å². The van der Waals surface area contributed by atoms with Gasteiger partial charge in [-0.1, -0.05) is 12.1 Å². The first-order valence-corrected chi connectivity index (χ1v) is 7.04. The Hall–Kier alpha value is -0.640. The van der Waals surface area contributed by atoms with Gasteiger partial charge in [-0.05, 0) is 37.8 Å². The lowest BCUT2D eigenvalue weighted by atomic mass is 10.1. The predicted octanol–water partition coefficient (Wildman–Crippen LogP) is 3.12. The quantitative estimate of drug-likeness (QED) is 0.923. The van der Waals surface area contributed by atoms with Crippen LogP contribution in [0.1, 0.15) is 19.8 Å². The summed E-state index contributed by atoms with van der Waals surface area (Å²) in [4.78, 5) is 2.46. The Morgan fingerprint density at radius 3 is 2.70 bits per heavy atom. The van der Waals surface area contributed by atoms with E-state index in [4.69, 9.17) is 4.74 Å². The molecule has 0 aromatic heterocycles. The molecular weight excluding hydrogens is 295 g/mol. The molecule has 3 nitrogen and oxygen atoms in total. The van der Waals surface area contributed by atoms with Gasteiger partial charge in [-0.2, -0.15) is 0 Å². The second kappa shape index (κ2) is 7.96. The number of para-hydroxylation sites is 2. The van der Waals surface area contributed by atoms with Crippen LogP contribution in [0.25, 0.3) is 0 Å². The van der Waals surface area contributed by atoms with Gasteiger partial charge in [0.05, 0.1) is 12.3 Å². The molecule has 1 aromatic rings. The summed E-state index contributed by atoms with van der Waals surface area (Å²) in [5, 5.41) is 3.43. The number of nitrogens with zero attached hydrogens (tertiary/aromatic N) is 1. The van der Waals surface area contributed by atoms with E-state index in [-0.39, 0.29) is 24.8 Å². The second-order valence-corrected chi connectivity index (χ2v) is 5.47. The maximum Gasteiger partial charge on any atom is 0.142 e. The van der Waals surface area contributed by atoms with Crippen LogP contribution in [0.3, 0.4) is 0 Å². The summed E-state index contributed by atoms with van der Waals surface area (Å²) in [5.74, 6) is 1.86. The first-order chi connectivity index (χ1) is 8.84. The zero-order valence-corrected chi connectivity index (χ0v) is 13.5. The average Bonchev–Trinajstić information content (AvgIpc) is 3.22. The van der Waals surface area contributed by atoms with Crippen LogP contribution in [0.15, 0.2) is 24.3 Å². The summed E-state index contributed by atoms with van der Waals surface area (Å²) in [7, 11) is 0. The van der Waals surface area contributed by atoms with Crippen molar-refractivity contribution in [2.24, 2.45) is 5.92 Å². The Morgan fingerprint density at radius 2 is 2.00 bits per heavy atom. The standard InChI is InChI=1S/C15H22N2O.2ClH/c1-12-10-16-8-9-17(12)14-4-2-3-5-15(14)18-11-13-6-7-13;;/h2-5,12-13,16H,6-11H2,1H3;2*1H. The third kappa shape index (κ3) is 4.18.